The Morgan fingerprint density at radius 2 is 2.14 bits per heavy atom. The summed E-state index contributed by atoms with van der Waals surface area (Å²) in [5, 5.41) is 13.4. The lowest BCUT2D eigenvalue weighted by Gasteiger charge is -2.19. The molecule has 2 rings (SSSR count). The Kier molecular flexibility index (Phi) is 4.95. The first kappa shape index (κ1) is 15.5. The first-order chi connectivity index (χ1) is 9.99. The molecule has 1 aromatic rings. The zero-order valence-corrected chi connectivity index (χ0v) is 12.7. The van der Waals surface area contributed by atoms with Gasteiger partial charge in [0.15, 0.2) is 0 Å². The van der Waals surface area contributed by atoms with Crippen LogP contribution in [0.4, 0.5) is 5.69 Å². The van der Waals surface area contributed by atoms with Crippen LogP contribution in [0.5, 0.6) is 0 Å². The third kappa shape index (κ3) is 3.81. The van der Waals surface area contributed by atoms with Crippen LogP contribution in [0.2, 0.25) is 0 Å². The van der Waals surface area contributed by atoms with Gasteiger partial charge in [0.2, 0.25) is 11.8 Å². The fourth-order valence-electron chi connectivity index (χ4n) is 2.31. The molecule has 0 saturated carbocycles. The number of aromatic carboxylic acids is 1. The van der Waals surface area contributed by atoms with Crippen molar-refractivity contribution in [2.75, 3.05) is 18.4 Å². The summed E-state index contributed by atoms with van der Waals surface area (Å²) in [6.45, 7) is 2.31. The predicted octanol–water partition coefficient (Wildman–Crippen LogP) is 2.10. The number of hydrogen-bond acceptors (Lipinski definition) is 4. The van der Waals surface area contributed by atoms with Crippen molar-refractivity contribution < 1.29 is 19.5 Å². The van der Waals surface area contributed by atoms with Gasteiger partial charge in [-0.2, -0.15) is 0 Å². The number of aryl methyl sites for hydroxylation is 1. The largest absolute Gasteiger partial charge is 0.477 e. The van der Waals surface area contributed by atoms with E-state index in [1.54, 1.807) is 17.2 Å². The number of carbonyl (C=O) groups excluding carboxylic acids is 2. The molecule has 0 aromatic carbocycles. The van der Waals surface area contributed by atoms with Crippen molar-refractivity contribution in [3.63, 3.8) is 0 Å². The van der Waals surface area contributed by atoms with Gasteiger partial charge in [-0.05, 0) is 30.7 Å². The Labute approximate surface area is 126 Å². The van der Waals surface area contributed by atoms with Gasteiger partial charge in [0.25, 0.3) is 0 Å². The molecule has 114 valence electrons. The maximum atomic E-state index is 12.1. The van der Waals surface area contributed by atoms with Crippen molar-refractivity contribution in [3.05, 3.63) is 15.8 Å². The fraction of sp³-hybridized carbons (Fsp3) is 0.500. The number of nitrogens with one attached hydrogen (secondary N) is 1. The summed E-state index contributed by atoms with van der Waals surface area (Å²) < 4.78 is 0. The number of carbonyl (C=O) groups is 3. The third-order valence-corrected chi connectivity index (χ3v) is 4.53. The predicted molar refractivity (Wildman–Crippen MR) is 79.7 cm³/mol. The molecule has 1 aliphatic rings. The minimum atomic E-state index is -1.06. The number of carboxylic acid groups (broad SMARTS) is 1. The van der Waals surface area contributed by atoms with Crippen LogP contribution in [0.1, 0.15) is 40.9 Å². The van der Waals surface area contributed by atoms with Gasteiger partial charge in [-0.3, -0.25) is 9.59 Å². The summed E-state index contributed by atoms with van der Waals surface area (Å²) >= 11 is 1.08. The van der Waals surface area contributed by atoms with E-state index in [1.165, 1.54) is 0 Å². The minimum Gasteiger partial charge on any atom is -0.477 e. The van der Waals surface area contributed by atoms with Crippen molar-refractivity contribution >= 4 is 34.8 Å². The molecule has 0 aliphatic carbocycles. The number of amides is 2. The van der Waals surface area contributed by atoms with Crippen LogP contribution in [0.25, 0.3) is 0 Å². The van der Waals surface area contributed by atoms with Gasteiger partial charge in [-0.25, -0.2) is 4.79 Å². The molecule has 0 radical (unpaired) electrons. The Hall–Kier alpha value is -1.89. The van der Waals surface area contributed by atoms with Crippen LogP contribution in [0, 0.1) is 6.92 Å². The maximum Gasteiger partial charge on any atom is 0.348 e. The molecular formula is C14H18N2O4S. The highest BCUT2D eigenvalue weighted by Crippen LogP contribution is 2.27. The van der Waals surface area contributed by atoms with Gasteiger partial charge in [-0.1, -0.05) is 6.42 Å². The van der Waals surface area contributed by atoms with Crippen molar-refractivity contribution in [1.82, 2.24) is 4.90 Å². The number of rotatable bonds is 4. The summed E-state index contributed by atoms with van der Waals surface area (Å²) in [4.78, 5) is 36.7. The molecule has 0 atom stereocenters. The number of anilines is 1. The molecule has 1 saturated heterocycles. The highest BCUT2D eigenvalue weighted by Gasteiger charge is 2.21. The zero-order valence-electron chi connectivity index (χ0n) is 11.8. The molecule has 1 aliphatic heterocycles. The second kappa shape index (κ2) is 6.71. The molecule has 21 heavy (non-hydrogen) atoms. The summed E-state index contributed by atoms with van der Waals surface area (Å²) in [5.41, 5.74) is 1.05. The minimum absolute atomic E-state index is 0.0110. The van der Waals surface area contributed by atoms with Gasteiger partial charge in [0.1, 0.15) is 4.88 Å². The number of thiophene rings is 1. The van der Waals surface area contributed by atoms with Gasteiger partial charge in [0.05, 0.1) is 12.2 Å². The quantitative estimate of drug-likeness (QED) is 0.891. The Morgan fingerprint density at radius 1 is 1.38 bits per heavy atom. The maximum absolute atomic E-state index is 12.1. The van der Waals surface area contributed by atoms with Crippen LogP contribution in [-0.2, 0) is 9.59 Å². The smallest absolute Gasteiger partial charge is 0.348 e. The Morgan fingerprint density at radius 3 is 2.86 bits per heavy atom. The second-order valence-electron chi connectivity index (χ2n) is 5.10. The van der Waals surface area contributed by atoms with Crippen LogP contribution >= 0.6 is 11.3 Å². The Balaban J connectivity index is 2.03. The molecule has 2 heterocycles. The van der Waals surface area contributed by atoms with E-state index in [9.17, 15) is 14.4 Å². The summed E-state index contributed by atoms with van der Waals surface area (Å²) in [7, 11) is 0. The molecule has 7 heteroatoms. The average molecular weight is 310 g/mol. The zero-order chi connectivity index (χ0) is 15.4. The van der Waals surface area contributed by atoms with E-state index >= 15 is 0 Å². The summed E-state index contributed by atoms with van der Waals surface area (Å²) in [5.74, 6) is -1.42. The topological polar surface area (TPSA) is 86.7 Å². The molecule has 2 amide bonds. The molecular weight excluding hydrogens is 292 g/mol. The highest BCUT2D eigenvalue weighted by atomic mass is 32.1. The average Bonchev–Trinajstić information content (AvgIpc) is 2.65. The molecule has 2 N–H and O–H groups in total. The van der Waals surface area contributed by atoms with Crippen molar-refractivity contribution in [2.45, 2.75) is 32.6 Å². The van der Waals surface area contributed by atoms with E-state index < -0.39 is 5.97 Å². The van der Waals surface area contributed by atoms with E-state index in [2.05, 4.69) is 5.32 Å². The van der Waals surface area contributed by atoms with Crippen LogP contribution in [0.3, 0.4) is 0 Å². The third-order valence-electron chi connectivity index (χ3n) is 3.44. The normalized spacial score (nSPS) is 15.7. The lowest BCUT2D eigenvalue weighted by Crippen LogP contribution is -2.37. The second-order valence-corrected chi connectivity index (χ2v) is 5.98. The van der Waals surface area contributed by atoms with E-state index in [4.69, 9.17) is 5.11 Å². The van der Waals surface area contributed by atoms with Gasteiger partial charge in [0, 0.05) is 13.0 Å². The molecule has 6 nitrogen and oxygen atoms in total. The first-order valence-electron chi connectivity index (χ1n) is 6.88. The monoisotopic (exact) mass is 310 g/mol. The SMILES string of the molecule is Cc1csc(C(=O)O)c1NC(=O)CN1CCCCCC1=O. The lowest BCUT2D eigenvalue weighted by molar-refractivity contribution is -0.134. The highest BCUT2D eigenvalue weighted by molar-refractivity contribution is 7.12. The van der Waals surface area contributed by atoms with E-state index in [1.807, 2.05) is 0 Å². The van der Waals surface area contributed by atoms with E-state index in [-0.39, 0.29) is 23.2 Å². The number of carboxylic acids is 1. The van der Waals surface area contributed by atoms with E-state index in [0.717, 1.165) is 30.6 Å². The van der Waals surface area contributed by atoms with Crippen LogP contribution < -0.4 is 5.32 Å². The van der Waals surface area contributed by atoms with Crippen molar-refractivity contribution in [2.24, 2.45) is 0 Å². The molecule has 0 spiro atoms. The van der Waals surface area contributed by atoms with Gasteiger partial charge >= 0.3 is 5.97 Å². The summed E-state index contributed by atoms with van der Waals surface area (Å²) in [6.07, 6.45) is 3.24. The van der Waals surface area contributed by atoms with Crippen LogP contribution in [0.15, 0.2) is 5.38 Å². The number of nitrogens with zero attached hydrogens (tertiary/aromatic N) is 1. The first-order valence-corrected chi connectivity index (χ1v) is 7.76. The Bertz CT molecular complexity index is 567. The number of hydrogen-bond donors (Lipinski definition) is 2. The lowest BCUT2D eigenvalue weighted by atomic mass is 10.2. The number of likely N-dealkylation sites (tertiary alicyclic amines) is 1. The molecule has 1 aromatic heterocycles. The van der Waals surface area contributed by atoms with Crippen LogP contribution in [-0.4, -0.2) is 40.9 Å². The van der Waals surface area contributed by atoms with Gasteiger partial charge < -0.3 is 15.3 Å². The van der Waals surface area contributed by atoms with Gasteiger partial charge in [-0.15, -0.1) is 11.3 Å². The van der Waals surface area contributed by atoms with E-state index in [0.29, 0.717) is 24.2 Å². The molecule has 0 unspecified atom stereocenters. The standard InChI is InChI=1S/C14H18N2O4S/c1-9-8-21-13(14(19)20)12(9)15-10(17)7-16-6-4-2-3-5-11(16)18/h8H,2-7H2,1H3,(H,15,17)(H,19,20). The van der Waals surface area contributed by atoms with Crippen molar-refractivity contribution in [3.8, 4) is 0 Å². The summed E-state index contributed by atoms with van der Waals surface area (Å²) in [6, 6.07) is 0. The molecule has 1 fully saturated rings. The van der Waals surface area contributed by atoms with Crippen molar-refractivity contribution in [1.29, 1.82) is 0 Å². The molecule has 0 bridgehead atoms. The fourth-order valence-corrected chi connectivity index (χ4v) is 3.16.